The monoisotopic (exact) mass is 387 g/mol. The summed E-state index contributed by atoms with van der Waals surface area (Å²) in [5.74, 6) is 4.10. The van der Waals surface area contributed by atoms with Crippen LogP contribution in [0.1, 0.15) is 19.4 Å². The van der Waals surface area contributed by atoms with Crippen molar-refractivity contribution in [3.05, 3.63) is 18.7 Å². The van der Waals surface area contributed by atoms with Crippen LogP contribution in [0.3, 0.4) is 0 Å². The molecule has 2 rings (SSSR count). The van der Waals surface area contributed by atoms with Gasteiger partial charge in [0.25, 0.3) is 0 Å². The zero-order chi connectivity index (χ0) is 13.7. The first kappa shape index (κ1) is 16.8. The maximum absolute atomic E-state index is 5.29. The lowest BCUT2D eigenvalue weighted by Crippen LogP contribution is -2.49. The number of aliphatic imine (C=N–C) groups is 1. The molecule has 1 aliphatic rings. The number of halogens is 1. The molecule has 1 aliphatic heterocycles. The van der Waals surface area contributed by atoms with Crippen LogP contribution in [0.15, 0.2) is 23.7 Å². The molecule has 0 saturated carbocycles. The summed E-state index contributed by atoms with van der Waals surface area (Å²) in [6.45, 7) is 4.74. The first-order chi connectivity index (χ1) is 9.26. The molecule has 1 saturated heterocycles. The van der Waals surface area contributed by atoms with Gasteiger partial charge >= 0.3 is 0 Å². The minimum atomic E-state index is 0. The summed E-state index contributed by atoms with van der Waals surface area (Å²) in [5, 5.41) is 3.18. The van der Waals surface area contributed by atoms with Crippen molar-refractivity contribution in [3.63, 3.8) is 0 Å². The van der Waals surface area contributed by atoms with Crippen LogP contribution in [0.5, 0.6) is 0 Å². The van der Waals surface area contributed by atoms with Gasteiger partial charge in [0.15, 0.2) is 5.96 Å². The summed E-state index contributed by atoms with van der Waals surface area (Å²) >= 11 is 0. The van der Waals surface area contributed by atoms with Crippen molar-refractivity contribution in [2.45, 2.75) is 19.4 Å². The summed E-state index contributed by atoms with van der Waals surface area (Å²) in [5.41, 5.74) is 0. The van der Waals surface area contributed by atoms with Gasteiger partial charge in [0.2, 0.25) is 0 Å². The lowest BCUT2D eigenvalue weighted by atomic mass is 9.93. The Hall–Kier alpha value is -1.23. The van der Waals surface area contributed by atoms with Crippen LogP contribution < -0.4 is 5.32 Å². The summed E-state index contributed by atoms with van der Waals surface area (Å²) < 4.78 is 2.19. The van der Waals surface area contributed by atoms with E-state index in [4.69, 9.17) is 6.42 Å². The topological polar surface area (TPSA) is 45.5 Å². The van der Waals surface area contributed by atoms with Crippen LogP contribution in [-0.4, -0.2) is 47.1 Å². The summed E-state index contributed by atoms with van der Waals surface area (Å²) in [7, 11) is 1.79. The molecule has 20 heavy (non-hydrogen) atoms. The number of hydrogen-bond acceptors (Lipinski definition) is 2. The van der Waals surface area contributed by atoms with Crippen LogP contribution >= 0.6 is 24.0 Å². The summed E-state index contributed by atoms with van der Waals surface area (Å²) in [4.78, 5) is 10.7. The number of guanidine groups is 1. The normalized spacial score (nSPS) is 22.9. The van der Waals surface area contributed by atoms with Crippen molar-refractivity contribution in [3.8, 4) is 12.3 Å². The molecule has 0 aliphatic carbocycles. The quantitative estimate of drug-likeness (QED) is 0.363. The third-order valence-electron chi connectivity index (χ3n) is 3.69. The van der Waals surface area contributed by atoms with E-state index in [9.17, 15) is 0 Å². The molecule has 5 nitrogen and oxygen atoms in total. The van der Waals surface area contributed by atoms with Gasteiger partial charge in [-0.15, -0.1) is 30.4 Å². The number of likely N-dealkylation sites (tertiary alicyclic amines) is 1. The third kappa shape index (κ3) is 3.88. The number of terminal acetylenes is 1. The van der Waals surface area contributed by atoms with Crippen LogP contribution in [-0.2, 0) is 0 Å². The predicted octanol–water partition coefficient (Wildman–Crippen LogP) is 1.59. The van der Waals surface area contributed by atoms with Gasteiger partial charge in [-0.2, -0.15) is 0 Å². The number of hydrogen-bond donors (Lipinski definition) is 1. The van der Waals surface area contributed by atoms with Gasteiger partial charge < -0.3 is 14.8 Å². The van der Waals surface area contributed by atoms with Crippen molar-refractivity contribution in [2.75, 3.05) is 26.7 Å². The summed E-state index contributed by atoms with van der Waals surface area (Å²) in [6, 6.07) is 0.431. The Morgan fingerprint density at radius 3 is 3.00 bits per heavy atom. The van der Waals surface area contributed by atoms with Gasteiger partial charge in [0.1, 0.15) is 0 Å². The molecule has 0 spiro atoms. The van der Waals surface area contributed by atoms with Crippen molar-refractivity contribution in [2.24, 2.45) is 10.9 Å². The first-order valence-corrected chi connectivity index (χ1v) is 6.62. The van der Waals surface area contributed by atoms with E-state index in [1.165, 1.54) is 0 Å². The van der Waals surface area contributed by atoms with E-state index in [1.54, 1.807) is 7.05 Å². The number of nitrogens with zero attached hydrogens (tertiary/aromatic N) is 4. The fourth-order valence-corrected chi connectivity index (χ4v) is 2.56. The SMILES string of the molecule is C#CCNC(=NC)N1CCC(C)C(n2ccnc2)C1.I. The Kier molecular flexibility index (Phi) is 6.85. The van der Waals surface area contributed by atoms with E-state index < -0.39 is 0 Å². The van der Waals surface area contributed by atoms with Crippen molar-refractivity contribution in [1.82, 2.24) is 19.8 Å². The largest absolute Gasteiger partial charge is 0.345 e. The Labute approximate surface area is 137 Å². The number of nitrogens with one attached hydrogen (secondary N) is 1. The van der Waals surface area contributed by atoms with Crippen LogP contribution in [0.2, 0.25) is 0 Å². The Morgan fingerprint density at radius 2 is 2.40 bits per heavy atom. The van der Waals surface area contributed by atoms with E-state index in [2.05, 4.69) is 37.6 Å². The van der Waals surface area contributed by atoms with Crippen LogP contribution in [0.4, 0.5) is 0 Å². The molecule has 1 aromatic heterocycles. The second-order valence-electron chi connectivity index (χ2n) is 4.89. The number of imidazole rings is 1. The molecule has 0 amide bonds. The molecule has 0 radical (unpaired) electrons. The smallest absolute Gasteiger partial charge is 0.194 e. The molecular formula is C14H22IN5. The van der Waals surface area contributed by atoms with E-state index in [0.717, 1.165) is 25.5 Å². The number of piperidine rings is 1. The molecule has 1 N–H and O–H groups in total. The molecular weight excluding hydrogens is 365 g/mol. The van der Waals surface area contributed by atoms with Gasteiger partial charge in [-0.05, 0) is 12.3 Å². The molecule has 0 aromatic carbocycles. The van der Waals surface area contributed by atoms with E-state index >= 15 is 0 Å². The van der Waals surface area contributed by atoms with E-state index in [0.29, 0.717) is 18.5 Å². The standard InChI is InChI=1S/C14H21N5.HI/c1-4-6-17-14(15-3)18-8-5-12(2)13(10-18)19-9-7-16-11-19;/h1,7,9,11-13H,5-6,8,10H2,2-3H3,(H,15,17);1H. The number of rotatable bonds is 2. The van der Waals surface area contributed by atoms with Gasteiger partial charge in [-0.1, -0.05) is 12.8 Å². The highest BCUT2D eigenvalue weighted by atomic mass is 127. The van der Waals surface area contributed by atoms with Crippen molar-refractivity contribution in [1.29, 1.82) is 0 Å². The minimum Gasteiger partial charge on any atom is -0.345 e. The zero-order valence-corrected chi connectivity index (χ0v) is 14.3. The molecule has 2 atom stereocenters. The highest BCUT2D eigenvalue weighted by molar-refractivity contribution is 14.0. The van der Waals surface area contributed by atoms with E-state index in [1.807, 2.05) is 18.7 Å². The molecule has 1 fully saturated rings. The average molecular weight is 387 g/mol. The highest BCUT2D eigenvalue weighted by Gasteiger charge is 2.28. The molecule has 2 heterocycles. The highest BCUT2D eigenvalue weighted by Crippen LogP contribution is 2.27. The minimum absolute atomic E-state index is 0. The third-order valence-corrected chi connectivity index (χ3v) is 3.69. The Balaban J connectivity index is 0.00000200. The van der Waals surface area contributed by atoms with Gasteiger partial charge in [0.05, 0.1) is 18.9 Å². The van der Waals surface area contributed by atoms with Gasteiger partial charge in [0, 0.05) is 32.5 Å². The summed E-state index contributed by atoms with van der Waals surface area (Å²) in [6.07, 6.45) is 12.2. The van der Waals surface area contributed by atoms with E-state index in [-0.39, 0.29) is 24.0 Å². The Bertz CT molecular complexity index is 462. The number of aromatic nitrogens is 2. The lowest BCUT2D eigenvalue weighted by molar-refractivity contribution is 0.189. The average Bonchev–Trinajstić information content (AvgIpc) is 2.95. The molecule has 110 valence electrons. The fourth-order valence-electron chi connectivity index (χ4n) is 2.56. The van der Waals surface area contributed by atoms with Crippen LogP contribution in [0.25, 0.3) is 0 Å². The van der Waals surface area contributed by atoms with Crippen molar-refractivity contribution >= 4 is 29.9 Å². The second kappa shape index (κ2) is 8.15. The van der Waals surface area contributed by atoms with Gasteiger partial charge in [-0.25, -0.2) is 4.98 Å². The lowest BCUT2D eigenvalue weighted by Gasteiger charge is -2.39. The first-order valence-electron chi connectivity index (χ1n) is 6.62. The predicted molar refractivity (Wildman–Crippen MR) is 92.2 cm³/mol. The van der Waals surface area contributed by atoms with Gasteiger partial charge in [-0.3, -0.25) is 4.99 Å². The second-order valence-corrected chi connectivity index (χ2v) is 4.89. The zero-order valence-electron chi connectivity index (χ0n) is 12.0. The molecule has 2 unspecified atom stereocenters. The fraction of sp³-hybridized carbons (Fsp3) is 0.571. The maximum Gasteiger partial charge on any atom is 0.194 e. The Morgan fingerprint density at radius 1 is 1.60 bits per heavy atom. The molecule has 1 aromatic rings. The molecule has 0 bridgehead atoms. The van der Waals surface area contributed by atoms with Crippen LogP contribution in [0, 0.1) is 18.3 Å². The maximum atomic E-state index is 5.29. The van der Waals surface area contributed by atoms with Crippen molar-refractivity contribution < 1.29 is 0 Å². The molecule has 6 heteroatoms.